The van der Waals surface area contributed by atoms with Crippen molar-refractivity contribution in [3.05, 3.63) is 71.2 Å². The van der Waals surface area contributed by atoms with E-state index in [4.69, 9.17) is 5.26 Å². The first-order valence-corrected chi connectivity index (χ1v) is 11.1. The maximum atomic E-state index is 13.3. The summed E-state index contributed by atoms with van der Waals surface area (Å²) in [4.78, 5) is 20.8. The molecule has 0 radical (unpaired) electrons. The third-order valence-electron chi connectivity index (χ3n) is 6.19. The molecule has 1 saturated carbocycles. The summed E-state index contributed by atoms with van der Waals surface area (Å²) in [6.45, 7) is 1.33. The van der Waals surface area contributed by atoms with Crippen molar-refractivity contribution in [3.8, 4) is 17.3 Å². The molecule has 5 rings (SSSR count). The van der Waals surface area contributed by atoms with Crippen LogP contribution in [0.4, 0.5) is 4.39 Å². The van der Waals surface area contributed by atoms with Gasteiger partial charge in [0.2, 0.25) is 0 Å². The Morgan fingerprint density at radius 3 is 2.81 bits per heavy atom. The van der Waals surface area contributed by atoms with Crippen molar-refractivity contribution < 1.29 is 9.18 Å². The van der Waals surface area contributed by atoms with E-state index >= 15 is 0 Å². The Balaban J connectivity index is 1.31. The number of allylic oxidation sites excluding steroid dienone is 4. The molecule has 2 aliphatic carbocycles. The van der Waals surface area contributed by atoms with E-state index in [-0.39, 0.29) is 17.3 Å². The standard InChI is InChI=1S/C24H21FN4OS/c25-19-5-7-20(8-6-19)31-22-12-27-10-9-21(22)16-1-3-17(4-2-16)23(30)28-24-11-18(24)13-29(14-24)15-26/h1-5,7,9-10,12,18H,6,8,11,13-14H2,(H,28,30)/t18?,24-/m0/s1. The van der Waals surface area contributed by atoms with Gasteiger partial charge in [-0.15, -0.1) is 0 Å². The number of pyridine rings is 1. The zero-order valence-electron chi connectivity index (χ0n) is 16.8. The van der Waals surface area contributed by atoms with Crippen molar-refractivity contribution in [3.63, 3.8) is 0 Å². The summed E-state index contributed by atoms with van der Waals surface area (Å²) in [6.07, 6.45) is 11.2. The highest BCUT2D eigenvalue weighted by Gasteiger charge is 2.61. The van der Waals surface area contributed by atoms with Crippen LogP contribution >= 0.6 is 11.8 Å². The zero-order valence-corrected chi connectivity index (χ0v) is 17.7. The molecule has 1 aromatic carbocycles. The van der Waals surface area contributed by atoms with E-state index in [9.17, 15) is 9.18 Å². The topological polar surface area (TPSA) is 69.0 Å². The van der Waals surface area contributed by atoms with Crippen molar-refractivity contribution in [2.75, 3.05) is 13.1 Å². The smallest absolute Gasteiger partial charge is 0.251 e. The Labute approximate surface area is 184 Å². The molecule has 0 spiro atoms. The number of halogens is 1. The maximum Gasteiger partial charge on any atom is 0.251 e. The number of hydrogen-bond acceptors (Lipinski definition) is 5. The molecule has 2 aromatic rings. The number of rotatable bonds is 5. The van der Waals surface area contributed by atoms with Gasteiger partial charge in [-0.3, -0.25) is 9.78 Å². The SMILES string of the molecule is N#CN1CC2C[C@]2(NC(=O)c2ccc(-c3ccncc3SC3=CC=C(F)CC3)cc2)C1. The molecule has 5 nitrogen and oxygen atoms in total. The molecule has 0 bridgehead atoms. The summed E-state index contributed by atoms with van der Waals surface area (Å²) in [7, 11) is 0. The molecule has 3 aliphatic rings. The van der Waals surface area contributed by atoms with Crippen LogP contribution in [0.5, 0.6) is 0 Å². The molecule has 7 heteroatoms. The minimum absolute atomic E-state index is 0.0837. The van der Waals surface area contributed by atoms with E-state index in [2.05, 4.69) is 16.5 Å². The number of benzene rings is 1. The largest absolute Gasteiger partial charge is 0.344 e. The van der Waals surface area contributed by atoms with E-state index in [1.807, 2.05) is 42.6 Å². The molecule has 31 heavy (non-hydrogen) atoms. The number of fused-ring (bicyclic) bond motifs is 1. The fourth-order valence-electron chi connectivity index (χ4n) is 4.37. The number of nitrogens with zero attached hydrogens (tertiary/aromatic N) is 3. The van der Waals surface area contributed by atoms with Crippen LogP contribution in [0.15, 0.2) is 70.5 Å². The van der Waals surface area contributed by atoms with Gasteiger partial charge in [0.15, 0.2) is 6.19 Å². The van der Waals surface area contributed by atoms with Crippen molar-refractivity contribution >= 4 is 17.7 Å². The highest BCUT2D eigenvalue weighted by atomic mass is 32.2. The lowest BCUT2D eigenvalue weighted by atomic mass is 10.0. The van der Waals surface area contributed by atoms with Crippen LogP contribution in [0, 0.1) is 17.4 Å². The van der Waals surface area contributed by atoms with Crippen molar-refractivity contribution in [1.82, 2.24) is 15.2 Å². The molecule has 1 N–H and O–H groups in total. The molecular formula is C24H21FN4OS. The first-order valence-electron chi connectivity index (χ1n) is 10.3. The van der Waals surface area contributed by atoms with E-state index in [1.54, 1.807) is 22.9 Å². The van der Waals surface area contributed by atoms with Crippen molar-refractivity contribution in [2.24, 2.45) is 5.92 Å². The second-order valence-electron chi connectivity index (χ2n) is 8.29. The number of piperidine rings is 1. The first-order chi connectivity index (χ1) is 15.1. The minimum atomic E-state index is -0.234. The normalized spacial score (nSPS) is 24.0. The van der Waals surface area contributed by atoms with Gasteiger partial charge in [0.05, 0.1) is 12.1 Å². The van der Waals surface area contributed by atoms with Gasteiger partial charge in [0.25, 0.3) is 5.91 Å². The minimum Gasteiger partial charge on any atom is -0.344 e. The molecule has 1 unspecified atom stereocenters. The summed E-state index contributed by atoms with van der Waals surface area (Å²) in [5, 5.41) is 12.2. The number of hydrogen-bond donors (Lipinski definition) is 1. The number of nitriles is 1. The van der Waals surface area contributed by atoms with E-state index < -0.39 is 0 Å². The Bertz CT molecular complexity index is 1140. The van der Waals surface area contributed by atoms with Gasteiger partial charge >= 0.3 is 0 Å². The Hall–Kier alpha value is -3.11. The fraction of sp³-hybridized carbons (Fsp3) is 0.292. The number of carbonyl (C=O) groups excluding carboxylic acids is 1. The van der Waals surface area contributed by atoms with Crippen molar-refractivity contribution in [1.29, 1.82) is 5.26 Å². The Kier molecular flexibility index (Phi) is 5.03. The molecule has 2 atom stereocenters. The van der Waals surface area contributed by atoms with Gasteiger partial charge in [-0.25, -0.2) is 4.39 Å². The molecule has 1 amide bonds. The lowest BCUT2D eigenvalue weighted by Gasteiger charge is -2.17. The van der Waals surface area contributed by atoms with Crippen LogP contribution in [-0.4, -0.2) is 34.4 Å². The molecule has 1 aromatic heterocycles. The van der Waals surface area contributed by atoms with E-state index in [0.29, 0.717) is 30.9 Å². The number of amides is 1. The third-order valence-corrected chi connectivity index (χ3v) is 7.34. The Morgan fingerprint density at radius 2 is 2.10 bits per heavy atom. The summed E-state index contributed by atoms with van der Waals surface area (Å²) in [5.41, 5.74) is 2.41. The first kappa shape index (κ1) is 19.8. The third kappa shape index (κ3) is 3.96. The average Bonchev–Trinajstić information content (AvgIpc) is 3.34. The molecule has 2 heterocycles. The lowest BCUT2D eigenvalue weighted by Crippen LogP contribution is -2.41. The average molecular weight is 433 g/mol. The van der Waals surface area contributed by atoms with Gasteiger partial charge < -0.3 is 10.2 Å². The quantitative estimate of drug-likeness (QED) is 0.696. The number of likely N-dealkylation sites (tertiary alicyclic amines) is 1. The molecule has 2 fully saturated rings. The lowest BCUT2D eigenvalue weighted by molar-refractivity contribution is 0.0929. The Morgan fingerprint density at radius 1 is 1.26 bits per heavy atom. The molecular weight excluding hydrogens is 411 g/mol. The monoisotopic (exact) mass is 432 g/mol. The van der Waals surface area contributed by atoms with Crippen LogP contribution in [0.2, 0.25) is 0 Å². The number of carbonyl (C=O) groups is 1. The molecule has 1 saturated heterocycles. The van der Waals surface area contributed by atoms with Crippen LogP contribution in [0.1, 0.15) is 29.6 Å². The van der Waals surface area contributed by atoms with Gasteiger partial charge in [0.1, 0.15) is 5.83 Å². The molecule has 1 aliphatic heterocycles. The van der Waals surface area contributed by atoms with E-state index in [0.717, 1.165) is 33.9 Å². The van der Waals surface area contributed by atoms with Gasteiger partial charge in [-0.1, -0.05) is 23.9 Å². The number of thioether (sulfide) groups is 1. The van der Waals surface area contributed by atoms with Crippen LogP contribution in [0.3, 0.4) is 0 Å². The highest BCUT2D eigenvalue weighted by molar-refractivity contribution is 8.03. The van der Waals surface area contributed by atoms with Gasteiger partial charge in [-0.05, 0) is 59.2 Å². The molecule has 156 valence electrons. The summed E-state index contributed by atoms with van der Waals surface area (Å²) in [5.74, 6) is 0.197. The zero-order chi connectivity index (χ0) is 21.4. The van der Waals surface area contributed by atoms with Gasteiger partial charge in [-0.2, -0.15) is 5.26 Å². The second-order valence-corrected chi connectivity index (χ2v) is 9.46. The maximum absolute atomic E-state index is 13.3. The summed E-state index contributed by atoms with van der Waals surface area (Å²) < 4.78 is 13.3. The number of aromatic nitrogens is 1. The van der Waals surface area contributed by atoms with E-state index in [1.165, 1.54) is 6.08 Å². The van der Waals surface area contributed by atoms with Crippen molar-refractivity contribution in [2.45, 2.75) is 29.7 Å². The van der Waals surface area contributed by atoms with Gasteiger partial charge in [0, 0.05) is 41.7 Å². The summed E-state index contributed by atoms with van der Waals surface area (Å²) >= 11 is 1.60. The second kappa shape index (κ2) is 7.86. The fourth-order valence-corrected chi connectivity index (χ4v) is 5.40. The highest BCUT2D eigenvalue weighted by Crippen LogP contribution is 2.49. The van der Waals surface area contributed by atoms with Crippen LogP contribution in [0.25, 0.3) is 11.1 Å². The van der Waals surface area contributed by atoms with Crippen LogP contribution < -0.4 is 5.32 Å². The predicted octanol–water partition coefficient (Wildman–Crippen LogP) is 4.66. The number of nitrogens with one attached hydrogen (secondary N) is 1. The predicted molar refractivity (Wildman–Crippen MR) is 118 cm³/mol. The summed E-state index contributed by atoms with van der Waals surface area (Å²) in [6, 6.07) is 9.52. The van der Waals surface area contributed by atoms with Crippen LogP contribution in [-0.2, 0) is 0 Å².